The van der Waals surface area contributed by atoms with Crippen molar-refractivity contribution in [3.05, 3.63) is 60.2 Å². The van der Waals surface area contributed by atoms with Gasteiger partial charge in [0.25, 0.3) is 0 Å². The number of para-hydroxylation sites is 1. The minimum atomic E-state index is -3.84. The molecule has 0 fully saturated rings. The van der Waals surface area contributed by atoms with Gasteiger partial charge in [0.1, 0.15) is 12.2 Å². The van der Waals surface area contributed by atoms with Crippen molar-refractivity contribution >= 4 is 27.8 Å². The van der Waals surface area contributed by atoms with Crippen molar-refractivity contribution < 1.29 is 27.5 Å². The number of hydrogen-bond acceptors (Lipinski definition) is 7. The molecule has 0 saturated heterocycles. The summed E-state index contributed by atoms with van der Waals surface area (Å²) in [4.78, 5) is 26.8. The Balaban J connectivity index is 2.00. The quantitative estimate of drug-likeness (QED) is 0.337. The van der Waals surface area contributed by atoms with E-state index in [1.54, 1.807) is 36.4 Å². The fourth-order valence-corrected chi connectivity index (χ4v) is 5.05. The molecule has 1 unspecified atom stereocenters. The van der Waals surface area contributed by atoms with Gasteiger partial charge in [-0.2, -0.15) is 5.26 Å². The standard InChI is InChI=1S/C27H37N5O6S/c1-21(2)29-26(33)32(19-24(20-37-4)38-27(34)30-23-13-6-5-7-14-23)17-11-10-16-31(3)39(35,36)25-15-9-8-12-22(25)18-28/h5-9,12-15,21,24H,10-11,16-17,19-20H2,1-4H3,(H,29,33)(H,30,34). The summed E-state index contributed by atoms with van der Waals surface area (Å²) in [5.41, 5.74) is 0.658. The van der Waals surface area contributed by atoms with Gasteiger partial charge in [0.15, 0.2) is 0 Å². The van der Waals surface area contributed by atoms with Gasteiger partial charge in [-0.15, -0.1) is 0 Å². The number of nitriles is 1. The molecule has 0 heterocycles. The molecule has 0 bridgehead atoms. The monoisotopic (exact) mass is 559 g/mol. The lowest BCUT2D eigenvalue weighted by molar-refractivity contribution is 0.0300. The van der Waals surface area contributed by atoms with Gasteiger partial charge in [-0.1, -0.05) is 30.3 Å². The van der Waals surface area contributed by atoms with E-state index < -0.39 is 22.2 Å². The Morgan fingerprint density at radius 1 is 1.03 bits per heavy atom. The SMILES string of the molecule is COCC(CN(CCCCN(C)S(=O)(=O)c1ccccc1C#N)C(=O)NC(C)C)OC(=O)Nc1ccccc1. The molecule has 0 spiro atoms. The highest BCUT2D eigenvalue weighted by atomic mass is 32.2. The Labute approximate surface area is 230 Å². The first-order chi connectivity index (χ1) is 18.6. The first kappa shape index (κ1) is 31.6. The zero-order valence-corrected chi connectivity index (χ0v) is 23.6. The van der Waals surface area contributed by atoms with E-state index in [1.165, 1.54) is 35.5 Å². The van der Waals surface area contributed by atoms with Gasteiger partial charge in [-0.3, -0.25) is 5.32 Å². The highest BCUT2D eigenvalue weighted by Gasteiger charge is 2.25. The largest absolute Gasteiger partial charge is 0.442 e. The zero-order valence-electron chi connectivity index (χ0n) is 22.8. The van der Waals surface area contributed by atoms with Crippen LogP contribution in [0.3, 0.4) is 0 Å². The molecule has 0 saturated carbocycles. The summed E-state index contributed by atoms with van der Waals surface area (Å²) < 4.78 is 37.8. The van der Waals surface area contributed by atoms with Crippen LogP contribution in [-0.4, -0.2) is 82.3 Å². The summed E-state index contributed by atoms with van der Waals surface area (Å²) in [6.45, 7) is 4.33. The van der Waals surface area contributed by atoms with E-state index in [0.717, 1.165) is 0 Å². The summed E-state index contributed by atoms with van der Waals surface area (Å²) in [7, 11) is -0.908. The van der Waals surface area contributed by atoms with Crippen LogP contribution in [0.2, 0.25) is 0 Å². The Morgan fingerprint density at radius 2 is 1.67 bits per heavy atom. The van der Waals surface area contributed by atoms with E-state index in [4.69, 9.17) is 9.47 Å². The van der Waals surface area contributed by atoms with Crippen LogP contribution in [0.5, 0.6) is 0 Å². The molecule has 0 aliphatic heterocycles. The van der Waals surface area contributed by atoms with E-state index in [-0.39, 0.29) is 42.2 Å². The molecule has 0 aliphatic rings. The Hall–Kier alpha value is -3.66. The summed E-state index contributed by atoms with van der Waals surface area (Å²) in [6.07, 6.45) is -0.458. The first-order valence-electron chi connectivity index (χ1n) is 12.6. The van der Waals surface area contributed by atoms with Crippen molar-refractivity contribution in [1.82, 2.24) is 14.5 Å². The van der Waals surface area contributed by atoms with E-state index in [9.17, 15) is 23.3 Å². The number of sulfonamides is 1. The zero-order chi connectivity index (χ0) is 28.8. The predicted octanol–water partition coefficient (Wildman–Crippen LogP) is 3.64. The molecule has 1 atom stereocenters. The van der Waals surface area contributed by atoms with Gasteiger partial charge in [0, 0.05) is 39.0 Å². The fourth-order valence-electron chi connectivity index (χ4n) is 3.70. The lowest BCUT2D eigenvalue weighted by atomic mass is 10.2. The minimum Gasteiger partial charge on any atom is -0.442 e. The Morgan fingerprint density at radius 3 is 2.31 bits per heavy atom. The van der Waals surface area contributed by atoms with Crippen molar-refractivity contribution in [2.75, 3.05) is 45.7 Å². The summed E-state index contributed by atoms with van der Waals surface area (Å²) in [6, 6.07) is 16.4. The molecule has 39 heavy (non-hydrogen) atoms. The average Bonchev–Trinajstić information content (AvgIpc) is 2.90. The third-order valence-electron chi connectivity index (χ3n) is 5.62. The fraction of sp³-hybridized carbons (Fsp3) is 0.444. The molecule has 2 rings (SSSR count). The summed E-state index contributed by atoms with van der Waals surface area (Å²) >= 11 is 0. The molecule has 12 heteroatoms. The number of nitrogens with one attached hydrogen (secondary N) is 2. The van der Waals surface area contributed by atoms with Crippen molar-refractivity contribution in [1.29, 1.82) is 5.26 Å². The maximum atomic E-state index is 13.0. The van der Waals surface area contributed by atoms with Crippen molar-refractivity contribution in [3.63, 3.8) is 0 Å². The molecular weight excluding hydrogens is 522 g/mol. The number of urea groups is 1. The smallest absolute Gasteiger partial charge is 0.412 e. The van der Waals surface area contributed by atoms with E-state index in [0.29, 0.717) is 25.1 Å². The van der Waals surface area contributed by atoms with Crippen LogP contribution in [0.1, 0.15) is 32.3 Å². The molecule has 0 radical (unpaired) electrons. The molecular formula is C27H37N5O6S. The van der Waals surface area contributed by atoms with Crippen LogP contribution in [-0.2, 0) is 19.5 Å². The first-order valence-corrected chi connectivity index (χ1v) is 14.0. The number of carbonyl (C=O) groups is 2. The Bertz CT molecular complexity index is 1220. The van der Waals surface area contributed by atoms with Gasteiger partial charge in [0.2, 0.25) is 10.0 Å². The third kappa shape index (κ3) is 10.2. The average molecular weight is 560 g/mol. The number of benzene rings is 2. The van der Waals surface area contributed by atoms with Crippen LogP contribution in [0.25, 0.3) is 0 Å². The van der Waals surface area contributed by atoms with Gasteiger partial charge in [-0.05, 0) is 51.0 Å². The number of anilines is 1. The topological polar surface area (TPSA) is 141 Å². The molecule has 212 valence electrons. The number of amides is 3. The molecule has 0 aliphatic carbocycles. The number of methoxy groups -OCH3 is 1. The van der Waals surface area contributed by atoms with Crippen molar-refractivity contribution in [2.24, 2.45) is 0 Å². The van der Waals surface area contributed by atoms with E-state index in [2.05, 4.69) is 10.6 Å². The second-order valence-corrected chi connectivity index (χ2v) is 11.2. The molecule has 2 aromatic rings. The van der Waals surface area contributed by atoms with Gasteiger partial charge in [-0.25, -0.2) is 22.3 Å². The number of nitrogens with zero attached hydrogens (tertiary/aromatic N) is 3. The van der Waals surface area contributed by atoms with Crippen LogP contribution in [0.15, 0.2) is 59.5 Å². The van der Waals surface area contributed by atoms with Crippen LogP contribution in [0, 0.1) is 11.3 Å². The van der Waals surface area contributed by atoms with Crippen LogP contribution < -0.4 is 10.6 Å². The minimum absolute atomic E-state index is 0.0405. The van der Waals surface area contributed by atoms with Gasteiger partial charge >= 0.3 is 12.1 Å². The highest BCUT2D eigenvalue weighted by Crippen LogP contribution is 2.19. The van der Waals surface area contributed by atoms with E-state index >= 15 is 0 Å². The third-order valence-corrected chi connectivity index (χ3v) is 7.53. The van der Waals surface area contributed by atoms with E-state index in [1.807, 2.05) is 26.0 Å². The molecule has 3 amide bonds. The summed E-state index contributed by atoms with van der Waals surface area (Å²) in [5.74, 6) is 0. The maximum Gasteiger partial charge on any atom is 0.412 e. The van der Waals surface area contributed by atoms with Crippen LogP contribution >= 0.6 is 0 Å². The predicted molar refractivity (Wildman–Crippen MR) is 148 cm³/mol. The Kier molecular flexibility index (Phi) is 12.7. The normalized spacial score (nSPS) is 12.0. The second kappa shape index (κ2) is 15.7. The lowest BCUT2D eigenvalue weighted by Crippen LogP contribution is -2.48. The number of hydrogen-bond donors (Lipinski definition) is 2. The van der Waals surface area contributed by atoms with Crippen LogP contribution in [0.4, 0.5) is 15.3 Å². The molecule has 2 aromatic carbocycles. The lowest BCUT2D eigenvalue weighted by Gasteiger charge is -2.28. The second-order valence-electron chi connectivity index (χ2n) is 9.17. The van der Waals surface area contributed by atoms with Gasteiger partial charge < -0.3 is 19.7 Å². The molecule has 2 N–H and O–H groups in total. The number of unbranched alkanes of at least 4 members (excludes halogenated alkanes) is 1. The summed E-state index contributed by atoms with van der Waals surface area (Å²) in [5, 5.41) is 14.8. The van der Waals surface area contributed by atoms with Crippen molar-refractivity contribution in [2.45, 2.75) is 43.7 Å². The van der Waals surface area contributed by atoms with Crippen molar-refractivity contribution in [3.8, 4) is 6.07 Å². The molecule has 11 nitrogen and oxygen atoms in total. The number of rotatable bonds is 14. The maximum absolute atomic E-state index is 13.0. The molecule has 0 aromatic heterocycles. The number of ether oxygens (including phenoxy) is 2. The number of carbonyl (C=O) groups excluding carboxylic acids is 2. The highest BCUT2D eigenvalue weighted by molar-refractivity contribution is 7.89. The van der Waals surface area contributed by atoms with Gasteiger partial charge in [0.05, 0.1) is 23.6 Å².